The van der Waals surface area contributed by atoms with E-state index in [4.69, 9.17) is 0 Å². The van der Waals surface area contributed by atoms with Crippen LogP contribution in [0.25, 0.3) is 0 Å². The van der Waals surface area contributed by atoms with E-state index in [-0.39, 0.29) is 5.56 Å². The van der Waals surface area contributed by atoms with Crippen molar-refractivity contribution in [1.82, 2.24) is 9.97 Å². The molecule has 0 saturated carbocycles. The van der Waals surface area contributed by atoms with Gasteiger partial charge >= 0.3 is 0 Å². The third-order valence-corrected chi connectivity index (χ3v) is 5.53. The Bertz CT molecular complexity index is 629. The van der Waals surface area contributed by atoms with Crippen LogP contribution in [0, 0.1) is 6.92 Å². The Morgan fingerprint density at radius 2 is 2.32 bits per heavy atom. The van der Waals surface area contributed by atoms with Crippen LogP contribution in [0.4, 0.5) is 0 Å². The number of nitrogens with one attached hydrogen (secondary N) is 1. The molecule has 0 amide bonds. The number of aromatic amines is 1. The second kappa shape index (κ2) is 5.43. The first-order valence-corrected chi connectivity index (χ1v) is 8.02. The van der Waals surface area contributed by atoms with Crippen molar-refractivity contribution in [3.05, 3.63) is 51.9 Å². The van der Waals surface area contributed by atoms with Crippen LogP contribution in [0.5, 0.6) is 0 Å². The second-order valence-electron chi connectivity index (χ2n) is 4.55. The van der Waals surface area contributed by atoms with Crippen molar-refractivity contribution in [2.45, 2.75) is 28.6 Å². The maximum Gasteiger partial charge on any atom is 0.251 e. The van der Waals surface area contributed by atoms with Gasteiger partial charge < -0.3 is 4.98 Å². The lowest BCUT2D eigenvalue weighted by atomic mass is 10.1. The van der Waals surface area contributed by atoms with Crippen molar-refractivity contribution >= 4 is 23.5 Å². The summed E-state index contributed by atoms with van der Waals surface area (Å²) in [5, 5.41) is 1.29. The molecule has 5 heteroatoms. The molecule has 0 bridgehead atoms. The van der Waals surface area contributed by atoms with Crippen molar-refractivity contribution in [2.75, 3.05) is 5.75 Å². The highest BCUT2D eigenvalue weighted by Crippen LogP contribution is 2.38. The summed E-state index contributed by atoms with van der Waals surface area (Å²) in [6.07, 6.45) is 1.10. The highest BCUT2D eigenvalue weighted by Gasteiger charge is 2.21. The Morgan fingerprint density at radius 3 is 3.11 bits per heavy atom. The number of rotatable bonds is 3. The molecule has 98 valence electrons. The number of hydrogen-bond acceptors (Lipinski definition) is 4. The molecule has 0 aliphatic carbocycles. The predicted octanol–water partition coefficient (Wildman–Crippen LogP) is 2.89. The average Bonchev–Trinajstić information content (AvgIpc) is 2.78. The van der Waals surface area contributed by atoms with Gasteiger partial charge in [-0.2, -0.15) is 0 Å². The minimum absolute atomic E-state index is 0.0719. The van der Waals surface area contributed by atoms with Gasteiger partial charge in [0, 0.05) is 27.7 Å². The monoisotopic (exact) mass is 290 g/mol. The topological polar surface area (TPSA) is 45.8 Å². The summed E-state index contributed by atoms with van der Waals surface area (Å²) in [6.45, 7) is 1.85. The van der Waals surface area contributed by atoms with Gasteiger partial charge in [-0.1, -0.05) is 30.0 Å². The van der Waals surface area contributed by atoms with Gasteiger partial charge in [0.1, 0.15) is 0 Å². The summed E-state index contributed by atoms with van der Waals surface area (Å²) in [4.78, 5) is 19.9. The Morgan fingerprint density at radius 1 is 1.47 bits per heavy atom. The fraction of sp³-hybridized carbons (Fsp3) is 0.286. The molecule has 3 rings (SSSR count). The molecule has 1 unspecified atom stereocenters. The number of aromatic nitrogens is 2. The summed E-state index contributed by atoms with van der Waals surface area (Å²) in [5.74, 6) is 0.964. The first-order valence-electron chi connectivity index (χ1n) is 6.16. The molecule has 3 nitrogen and oxygen atoms in total. The summed E-state index contributed by atoms with van der Waals surface area (Å²) in [5.41, 5.74) is 2.13. The van der Waals surface area contributed by atoms with Crippen LogP contribution in [0.2, 0.25) is 0 Å². The number of hydrogen-bond donors (Lipinski definition) is 1. The van der Waals surface area contributed by atoms with Gasteiger partial charge in [-0.25, -0.2) is 4.98 Å². The van der Waals surface area contributed by atoms with Gasteiger partial charge in [0.2, 0.25) is 0 Å². The van der Waals surface area contributed by atoms with Gasteiger partial charge in [-0.3, -0.25) is 4.79 Å². The summed E-state index contributed by atoms with van der Waals surface area (Å²) in [7, 11) is 0. The summed E-state index contributed by atoms with van der Waals surface area (Å²) < 4.78 is 0. The molecule has 1 aromatic carbocycles. The zero-order valence-electron chi connectivity index (χ0n) is 10.6. The maximum absolute atomic E-state index is 11.4. The van der Waals surface area contributed by atoms with Crippen molar-refractivity contribution < 1.29 is 0 Å². The van der Waals surface area contributed by atoms with Crippen LogP contribution in [0.1, 0.15) is 11.3 Å². The minimum Gasteiger partial charge on any atom is -0.301 e. The van der Waals surface area contributed by atoms with Crippen molar-refractivity contribution in [3.8, 4) is 0 Å². The SMILES string of the molecule is Cc1cc(=O)[nH]c(SCC2Cc3ccccc3S2)n1. The van der Waals surface area contributed by atoms with Crippen molar-refractivity contribution in [2.24, 2.45) is 0 Å². The van der Waals surface area contributed by atoms with Gasteiger partial charge in [-0.15, -0.1) is 11.8 Å². The molecule has 0 saturated heterocycles. The molecular weight excluding hydrogens is 276 g/mol. The lowest BCUT2D eigenvalue weighted by Crippen LogP contribution is -2.10. The molecule has 19 heavy (non-hydrogen) atoms. The fourth-order valence-corrected chi connectivity index (χ4v) is 4.54. The lowest BCUT2D eigenvalue weighted by Gasteiger charge is -2.07. The van der Waals surface area contributed by atoms with E-state index in [1.807, 2.05) is 18.7 Å². The molecule has 0 fully saturated rings. The molecular formula is C14H14N2OS2. The number of aryl methyl sites for hydroxylation is 1. The van der Waals surface area contributed by atoms with E-state index in [0.29, 0.717) is 5.25 Å². The van der Waals surface area contributed by atoms with E-state index >= 15 is 0 Å². The summed E-state index contributed by atoms with van der Waals surface area (Å²) >= 11 is 3.55. The van der Waals surface area contributed by atoms with Crippen LogP contribution in [0.3, 0.4) is 0 Å². The Balaban J connectivity index is 1.64. The Hall–Kier alpha value is -1.20. The van der Waals surface area contributed by atoms with Crippen LogP contribution in [0.15, 0.2) is 45.2 Å². The minimum atomic E-state index is -0.0719. The smallest absolute Gasteiger partial charge is 0.251 e. The third kappa shape index (κ3) is 3.04. The summed E-state index contributed by atoms with van der Waals surface area (Å²) in [6, 6.07) is 10.1. The average molecular weight is 290 g/mol. The Kier molecular flexibility index (Phi) is 3.66. The standard InChI is InChI=1S/C14H14N2OS2/c1-9-6-13(17)16-14(15-9)18-8-11-7-10-4-2-3-5-12(10)19-11/h2-6,11H,7-8H2,1H3,(H,15,16,17). The molecule has 2 heterocycles. The van der Waals surface area contributed by atoms with E-state index in [2.05, 4.69) is 34.2 Å². The zero-order valence-corrected chi connectivity index (χ0v) is 12.2. The van der Waals surface area contributed by atoms with Crippen LogP contribution in [-0.2, 0) is 6.42 Å². The molecule has 1 N–H and O–H groups in total. The first-order chi connectivity index (χ1) is 9.20. The van der Waals surface area contributed by atoms with Gasteiger partial charge in [0.25, 0.3) is 5.56 Å². The van der Waals surface area contributed by atoms with E-state index in [9.17, 15) is 4.79 Å². The maximum atomic E-state index is 11.4. The van der Waals surface area contributed by atoms with Gasteiger partial charge in [0.05, 0.1) is 0 Å². The molecule has 0 radical (unpaired) electrons. The molecule has 1 aromatic heterocycles. The van der Waals surface area contributed by atoms with Crippen LogP contribution < -0.4 is 5.56 Å². The van der Waals surface area contributed by atoms with E-state index in [0.717, 1.165) is 23.0 Å². The molecule has 1 aliphatic rings. The van der Waals surface area contributed by atoms with Crippen LogP contribution in [-0.4, -0.2) is 21.0 Å². The van der Waals surface area contributed by atoms with Gasteiger partial charge in [-0.05, 0) is 25.0 Å². The number of thioether (sulfide) groups is 2. The predicted molar refractivity (Wildman–Crippen MR) is 80.1 cm³/mol. The largest absolute Gasteiger partial charge is 0.301 e. The van der Waals surface area contributed by atoms with E-state index in [1.54, 1.807) is 11.8 Å². The number of nitrogens with zero attached hydrogens (tertiary/aromatic N) is 1. The zero-order chi connectivity index (χ0) is 13.2. The molecule has 2 aromatic rings. The number of benzene rings is 1. The first kappa shape index (κ1) is 12.8. The highest BCUT2D eigenvalue weighted by molar-refractivity contribution is 8.03. The third-order valence-electron chi connectivity index (χ3n) is 2.97. The van der Waals surface area contributed by atoms with Gasteiger partial charge in [0.15, 0.2) is 5.16 Å². The van der Waals surface area contributed by atoms with E-state index < -0.39 is 0 Å². The lowest BCUT2D eigenvalue weighted by molar-refractivity contribution is 0.898. The fourth-order valence-electron chi connectivity index (χ4n) is 2.14. The Labute approximate surface area is 120 Å². The normalized spacial score (nSPS) is 17.4. The quantitative estimate of drug-likeness (QED) is 0.697. The van der Waals surface area contributed by atoms with E-state index in [1.165, 1.54) is 16.5 Å². The van der Waals surface area contributed by atoms with Crippen molar-refractivity contribution in [3.63, 3.8) is 0 Å². The number of H-pyrrole nitrogens is 1. The molecule has 1 aliphatic heterocycles. The molecule has 1 atom stereocenters. The second-order valence-corrected chi connectivity index (χ2v) is 6.91. The number of fused-ring (bicyclic) bond motifs is 1. The van der Waals surface area contributed by atoms with Crippen molar-refractivity contribution in [1.29, 1.82) is 0 Å². The van der Waals surface area contributed by atoms with Crippen LogP contribution >= 0.6 is 23.5 Å². The molecule has 0 spiro atoms. The highest BCUT2D eigenvalue weighted by atomic mass is 32.2.